The topological polar surface area (TPSA) is 12.0 Å². The van der Waals surface area contributed by atoms with Crippen LogP contribution in [0.4, 0.5) is 0 Å². The molecule has 1 N–H and O–H groups in total. The summed E-state index contributed by atoms with van der Waals surface area (Å²) < 4.78 is 0. The third kappa shape index (κ3) is 4.59. The molecule has 0 rings (SSSR count). The molecule has 0 heterocycles. The van der Waals surface area contributed by atoms with Crippen molar-refractivity contribution >= 4 is 11.6 Å². The maximum absolute atomic E-state index is 5.53. The van der Waals surface area contributed by atoms with E-state index in [-0.39, 0.29) is 0 Å². The van der Waals surface area contributed by atoms with Crippen molar-refractivity contribution in [3.8, 4) is 0 Å². The van der Waals surface area contributed by atoms with Crippen LogP contribution in [0.2, 0.25) is 0 Å². The van der Waals surface area contributed by atoms with Gasteiger partial charge < -0.3 is 5.32 Å². The number of likely N-dealkylation sites (N-methyl/N-ethyl adjacent to an activating group) is 1. The van der Waals surface area contributed by atoms with Crippen LogP contribution < -0.4 is 5.32 Å². The summed E-state index contributed by atoms with van der Waals surface area (Å²) in [4.78, 5) is 0. The minimum absolute atomic E-state index is 0.412. The van der Waals surface area contributed by atoms with E-state index in [0.717, 1.165) is 6.42 Å². The molecule has 0 spiro atoms. The Kier molecular flexibility index (Phi) is 5.36. The summed E-state index contributed by atoms with van der Waals surface area (Å²) in [6.07, 6.45) is 4.89. The first-order chi connectivity index (χ1) is 4.70. The Morgan fingerprint density at radius 1 is 1.80 bits per heavy atom. The van der Waals surface area contributed by atoms with Crippen LogP contribution in [-0.4, -0.2) is 13.1 Å². The molecule has 10 heavy (non-hydrogen) atoms. The van der Waals surface area contributed by atoms with Gasteiger partial charge in [-0.25, -0.2) is 0 Å². The fourth-order valence-corrected chi connectivity index (χ4v) is 0.730. The molecule has 0 saturated heterocycles. The van der Waals surface area contributed by atoms with Gasteiger partial charge in [0.05, 0.1) is 0 Å². The maximum Gasteiger partial charge on any atom is 0.0331 e. The van der Waals surface area contributed by atoms with Gasteiger partial charge in [0.1, 0.15) is 0 Å². The second-order valence-electron chi connectivity index (χ2n) is 2.11. The van der Waals surface area contributed by atoms with Crippen LogP contribution in [0.5, 0.6) is 0 Å². The summed E-state index contributed by atoms with van der Waals surface area (Å²) in [6, 6.07) is 0.412. The summed E-state index contributed by atoms with van der Waals surface area (Å²) in [7, 11) is 1.93. The van der Waals surface area contributed by atoms with Gasteiger partial charge in [-0.1, -0.05) is 31.2 Å². The summed E-state index contributed by atoms with van der Waals surface area (Å²) in [5, 5.41) is 3.70. The molecule has 0 fully saturated rings. The minimum Gasteiger partial charge on any atom is -0.314 e. The van der Waals surface area contributed by atoms with E-state index in [1.54, 1.807) is 0 Å². The second kappa shape index (κ2) is 5.51. The molecule has 58 valence electrons. The average Bonchev–Trinajstić information content (AvgIpc) is 1.90. The van der Waals surface area contributed by atoms with E-state index >= 15 is 0 Å². The molecule has 2 heteroatoms. The number of allylic oxidation sites excluding steroid dienone is 2. The van der Waals surface area contributed by atoms with Gasteiger partial charge in [0.15, 0.2) is 0 Å². The molecular weight excluding hydrogens is 146 g/mol. The fourth-order valence-electron chi connectivity index (χ4n) is 0.657. The predicted molar refractivity (Wildman–Crippen MR) is 47.3 cm³/mol. The van der Waals surface area contributed by atoms with Gasteiger partial charge in [-0.05, 0) is 19.5 Å². The molecule has 1 nitrogen and oxygen atoms in total. The lowest BCUT2D eigenvalue weighted by Gasteiger charge is -2.06. The lowest BCUT2D eigenvalue weighted by Crippen LogP contribution is -2.21. The van der Waals surface area contributed by atoms with Gasteiger partial charge in [-0.2, -0.15) is 0 Å². The summed E-state index contributed by atoms with van der Waals surface area (Å²) in [5.74, 6) is 0. The van der Waals surface area contributed by atoms with Crippen LogP contribution in [0, 0.1) is 0 Å². The van der Waals surface area contributed by atoms with Crippen molar-refractivity contribution in [2.45, 2.75) is 19.4 Å². The van der Waals surface area contributed by atoms with Gasteiger partial charge >= 0.3 is 0 Å². The first kappa shape index (κ1) is 9.73. The molecule has 0 saturated carbocycles. The van der Waals surface area contributed by atoms with Crippen LogP contribution >= 0.6 is 11.6 Å². The smallest absolute Gasteiger partial charge is 0.0331 e. The Balaban J connectivity index is 3.72. The van der Waals surface area contributed by atoms with Crippen molar-refractivity contribution < 1.29 is 0 Å². The first-order valence-corrected chi connectivity index (χ1v) is 3.78. The number of rotatable bonds is 4. The van der Waals surface area contributed by atoms with Crippen molar-refractivity contribution in [1.29, 1.82) is 0 Å². The monoisotopic (exact) mass is 159 g/mol. The highest BCUT2D eigenvalue weighted by Crippen LogP contribution is 2.00. The van der Waals surface area contributed by atoms with Crippen LogP contribution in [0.25, 0.3) is 0 Å². The van der Waals surface area contributed by atoms with Crippen molar-refractivity contribution in [3.63, 3.8) is 0 Å². The molecule has 0 aliphatic heterocycles. The van der Waals surface area contributed by atoms with Crippen molar-refractivity contribution in [2.24, 2.45) is 0 Å². The van der Waals surface area contributed by atoms with E-state index in [0.29, 0.717) is 11.1 Å². The van der Waals surface area contributed by atoms with E-state index in [4.69, 9.17) is 11.6 Å². The largest absolute Gasteiger partial charge is 0.314 e. The Bertz CT molecular complexity index is 125. The van der Waals surface area contributed by atoms with Crippen molar-refractivity contribution in [2.75, 3.05) is 7.05 Å². The fraction of sp³-hybridized carbons (Fsp3) is 0.500. The zero-order valence-corrected chi connectivity index (χ0v) is 7.28. The van der Waals surface area contributed by atoms with Gasteiger partial charge in [0.2, 0.25) is 0 Å². The van der Waals surface area contributed by atoms with Crippen molar-refractivity contribution in [3.05, 3.63) is 23.8 Å². The summed E-state index contributed by atoms with van der Waals surface area (Å²) in [5.41, 5.74) is 0. The molecule has 0 aliphatic rings. The number of nitrogens with one attached hydrogen (secondary N) is 1. The molecule has 0 aromatic carbocycles. The number of hydrogen-bond donors (Lipinski definition) is 1. The zero-order valence-electron chi connectivity index (χ0n) is 6.52. The van der Waals surface area contributed by atoms with Gasteiger partial charge in [0, 0.05) is 11.1 Å². The van der Waals surface area contributed by atoms with Crippen molar-refractivity contribution in [1.82, 2.24) is 5.32 Å². The number of hydrogen-bond acceptors (Lipinski definition) is 1. The standard InChI is InChI=1S/C8H14ClN/c1-4-8(10-3)6-5-7(2)9/h5-6,8,10H,2,4H2,1,3H3/b6-5-. The van der Waals surface area contributed by atoms with E-state index in [9.17, 15) is 0 Å². The summed E-state index contributed by atoms with van der Waals surface area (Å²) in [6.45, 7) is 5.66. The van der Waals surface area contributed by atoms with E-state index in [1.165, 1.54) is 0 Å². The third-order valence-corrected chi connectivity index (χ3v) is 1.45. The van der Waals surface area contributed by atoms with Crippen LogP contribution in [0.15, 0.2) is 23.8 Å². The van der Waals surface area contributed by atoms with Gasteiger partial charge in [-0.3, -0.25) is 0 Å². The Hall–Kier alpha value is -0.270. The lowest BCUT2D eigenvalue weighted by atomic mass is 10.2. The van der Waals surface area contributed by atoms with Crippen LogP contribution in [0.1, 0.15) is 13.3 Å². The van der Waals surface area contributed by atoms with E-state index in [1.807, 2.05) is 19.2 Å². The minimum atomic E-state index is 0.412. The molecular formula is C8H14ClN. The average molecular weight is 160 g/mol. The number of halogens is 1. The van der Waals surface area contributed by atoms with Gasteiger partial charge in [0.25, 0.3) is 0 Å². The first-order valence-electron chi connectivity index (χ1n) is 3.40. The lowest BCUT2D eigenvalue weighted by molar-refractivity contribution is 0.647. The zero-order chi connectivity index (χ0) is 7.98. The van der Waals surface area contributed by atoms with Crippen LogP contribution in [0.3, 0.4) is 0 Å². The molecule has 0 amide bonds. The molecule has 0 aliphatic carbocycles. The second-order valence-corrected chi connectivity index (χ2v) is 2.59. The molecule has 0 radical (unpaired) electrons. The highest BCUT2D eigenvalue weighted by atomic mass is 35.5. The van der Waals surface area contributed by atoms with Gasteiger partial charge in [-0.15, -0.1) is 0 Å². The molecule has 0 bridgehead atoms. The maximum atomic E-state index is 5.53. The third-order valence-electron chi connectivity index (χ3n) is 1.32. The predicted octanol–water partition coefficient (Wildman–Crippen LogP) is 2.29. The highest BCUT2D eigenvalue weighted by Gasteiger charge is 1.94. The Morgan fingerprint density at radius 2 is 2.40 bits per heavy atom. The van der Waals surface area contributed by atoms with E-state index < -0.39 is 0 Å². The Labute approximate surface area is 67.8 Å². The normalized spacial score (nSPS) is 13.9. The summed E-state index contributed by atoms with van der Waals surface area (Å²) >= 11 is 5.53. The van der Waals surface area contributed by atoms with E-state index in [2.05, 4.69) is 18.8 Å². The molecule has 1 unspecified atom stereocenters. The Morgan fingerprint density at radius 3 is 2.70 bits per heavy atom. The molecule has 1 atom stereocenters. The molecule has 0 aromatic heterocycles. The molecule has 0 aromatic rings. The quantitative estimate of drug-likeness (QED) is 0.621. The van der Waals surface area contributed by atoms with Crippen LogP contribution in [-0.2, 0) is 0 Å². The highest BCUT2D eigenvalue weighted by molar-refractivity contribution is 6.30. The SMILES string of the molecule is C=C(Cl)/C=C\C(CC)NC.